The van der Waals surface area contributed by atoms with Gasteiger partial charge < -0.3 is 14.7 Å². The molecule has 5 nitrogen and oxygen atoms in total. The number of thiophene rings is 1. The van der Waals surface area contributed by atoms with E-state index in [1.54, 1.807) is 11.3 Å². The maximum atomic E-state index is 13.1. The Morgan fingerprint density at radius 2 is 1.77 bits per heavy atom. The molecule has 2 atom stereocenters. The number of carbonyl (C=O) groups excluding carboxylic acids is 1. The number of rotatable bonds is 4. The second-order valence-corrected chi connectivity index (χ2v) is 9.10. The zero-order valence-corrected chi connectivity index (χ0v) is 18.1. The summed E-state index contributed by atoms with van der Waals surface area (Å²) in [7, 11) is 0. The fourth-order valence-corrected chi connectivity index (χ4v) is 5.46. The fraction of sp³-hybridized carbons (Fsp3) is 0.320. The fourth-order valence-electron chi connectivity index (χ4n) is 4.43. The second-order valence-electron chi connectivity index (χ2n) is 8.19. The van der Waals surface area contributed by atoms with E-state index in [9.17, 15) is 9.90 Å². The van der Waals surface area contributed by atoms with Crippen LogP contribution in [-0.4, -0.2) is 53.3 Å². The smallest absolute Gasteiger partial charge is 0.288 e. The maximum Gasteiger partial charge on any atom is 0.288 e. The van der Waals surface area contributed by atoms with E-state index in [0.717, 1.165) is 25.2 Å². The molecule has 3 heterocycles. The molecular weight excluding hydrogens is 408 g/mol. The van der Waals surface area contributed by atoms with E-state index in [4.69, 9.17) is 4.74 Å². The Hall–Kier alpha value is -2.67. The SMILES string of the molecule is O=C(C1=C[C@@H](c2csc3ccccc23)C[C@@H](O)O1)N1CCN(Cc2ccccc2)CC1. The molecule has 2 aromatic carbocycles. The summed E-state index contributed by atoms with van der Waals surface area (Å²) in [6.45, 7) is 3.88. The summed E-state index contributed by atoms with van der Waals surface area (Å²) in [5, 5.41) is 13.7. The number of hydrogen-bond acceptors (Lipinski definition) is 5. The van der Waals surface area contributed by atoms with Gasteiger partial charge in [0, 0.05) is 49.8 Å². The van der Waals surface area contributed by atoms with Gasteiger partial charge in [-0.25, -0.2) is 0 Å². The van der Waals surface area contributed by atoms with Crippen molar-refractivity contribution < 1.29 is 14.6 Å². The lowest BCUT2D eigenvalue weighted by Gasteiger charge is -2.36. The summed E-state index contributed by atoms with van der Waals surface area (Å²) in [6.07, 6.45) is 1.40. The Labute approximate surface area is 186 Å². The first-order valence-electron chi connectivity index (χ1n) is 10.8. The van der Waals surface area contributed by atoms with Crippen LogP contribution in [0.5, 0.6) is 0 Å². The zero-order chi connectivity index (χ0) is 21.2. The molecule has 31 heavy (non-hydrogen) atoms. The third-order valence-corrected chi connectivity index (χ3v) is 7.08. The number of allylic oxidation sites excluding steroid dienone is 1. The van der Waals surface area contributed by atoms with Gasteiger partial charge in [0.25, 0.3) is 5.91 Å². The van der Waals surface area contributed by atoms with Crippen LogP contribution in [0, 0.1) is 0 Å². The number of hydrogen-bond donors (Lipinski definition) is 1. The number of piperazine rings is 1. The third kappa shape index (κ3) is 4.37. The van der Waals surface area contributed by atoms with Crippen molar-refractivity contribution in [2.24, 2.45) is 0 Å². The van der Waals surface area contributed by atoms with Crippen molar-refractivity contribution in [2.75, 3.05) is 26.2 Å². The normalized spacial score (nSPS) is 22.2. The molecule has 0 unspecified atom stereocenters. The molecule has 2 aliphatic rings. The molecule has 160 valence electrons. The van der Waals surface area contributed by atoms with Crippen LogP contribution in [-0.2, 0) is 16.1 Å². The van der Waals surface area contributed by atoms with Gasteiger partial charge in [-0.15, -0.1) is 11.3 Å². The van der Waals surface area contributed by atoms with Crippen LogP contribution in [0.15, 0.2) is 71.8 Å². The lowest BCUT2D eigenvalue weighted by Crippen LogP contribution is -2.49. The van der Waals surface area contributed by atoms with Gasteiger partial charge in [-0.3, -0.25) is 9.69 Å². The minimum Gasteiger partial charge on any atom is -0.460 e. The number of fused-ring (bicyclic) bond motifs is 1. The Morgan fingerprint density at radius 1 is 1.03 bits per heavy atom. The van der Waals surface area contributed by atoms with Crippen LogP contribution >= 0.6 is 11.3 Å². The highest BCUT2D eigenvalue weighted by Crippen LogP contribution is 2.37. The highest BCUT2D eigenvalue weighted by atomic mass is 32.1. The average molecular weight is 435 g/mol. The number of aliphatic hydroxyl groups is 1. The predicted octanol–water partition coefficient (Wildman–Crippen LogP) is 3.95. The molecule has 1 saturated heterocycles. The first-order valence-corrected chi connectivity index (χ1v) is 11.6. The van der Waals surface area contributed by atoms with Crippen molar-refractivity contribution in [2.45, 2.75) is 25.2 Å². The van der Waals surface area contributed by atoms with Crippen LogP contribution in [0.4, 0.5) is 0 Å². The van der Waals surface area contributed by atoms with E-state index in [1.165, 1.54) is 15.6 Å². The van der Waals surface area contributed by atoms with E-state index < -0.39 is 6.29 Å². The monoisotopic (exact) mass is 434 g/mol. The Bertz CT molecular complexity index is 1090. The van der Waals surface area contributed by atoms with E-state index >= 15 is 0 Å². The largest absolute Gasteiger partial charge is 0.460 e. The first-order chi connectivity index (χ1) is 15.2. The minimum atomic E-state index is -0.966. The van der Waals surface area contributed by atoms with Crippen LogP contribution in [0.25, 0.3) is 10.1 Å². The molecule has 1 fully saturated rings. The molecule has 1 amide bonds. The highest BCUT2D eigenvalue weighted by Gasteiger charge is 2.31. The molecule has 1 N–H and O–H groups in total. The number of carbonyl (C=O) groups is 1. The van der Waals surface area contributed by atoms with Gasteiger partial charge in [-0.2, -0.15) is 0 Å². The van der Waals surface area contributed by atoms with Crippen molar-refractivity contribution in [3.05, 3.63) is 82.9 Å². The first kappa shape index (κ1) is 20.2. The molecule has 0 radical (unpaired) electrons. The summed E-state index contributed by atoms with van der Waals surface area (Å²) in [6, 6.07) is 18.7. The molecule has 0 saturated carbocycles. The third-order valence-electron chi connectivity index (χ3n) is 6.10. The van der Waals surface area contributed by atoms with Gasteiger partial charge in [0.05, 0.1) is 0 Å². The topological polar surface area (TPSA) is 53.0 Å². The van der Waals surface area contributed by atoms with Gasteiger partial charge in [-0.1, -0.05) is 48.5 Å². The highest BCUT2D eigenvalue weighted by molar-refractivity contribution is 7.17. The van der Waals surface area contributed by atoms with Gasteiger partial charge in [-0.05, 0) is 34.0 Å². The summed E-state index contributed by atoms with van der Waals surface area (Å²) < 4.78 is 6.80. The predicted molar refractivity (Wildman–Crippen MR) is 123 cm³/mol. The van der Waals surface area contributed by atoms with Gasteiger partial charge in [0.15, 0.2) is 12.0 Å². The molecule has 5 rings (SSSR count). The molecular formula is C25H26N2O3S. The molecule has 6 heteroatoms. The lowest BCUT2D eigenvalue weighted by atomic mass is 9.92. The second kappa shape index (κ2) is 8.83. The summed E-state index contributed by atoms with van der Waals surface area (Å²) in [4.78, 5) is 17.4. The molecule has 0 aliphatic carbocycles. The van der Waals surface area contributed by atoms with Crippen LogP contribution < -0.4 is 0 Å². The lowest BCUT2D eigenvalue weighted by molar-refractivity contribution is -0.142. The Morgan fingerprint density at radius 3 is 2.58 bits per heavy atom. The van der Waals surface area contributed by atoms with Crippen LogP contribution in [0.2, 0.25) is 0 Å². The van der Waals surface area contributed by atoms with Crippen molar-refractivity contribution in [3.63, 3.8) is 0 Å². The average Bonchev–Trinajstić information content (AvgIpc) is 3.24. The summed E-state index contributed by atoms with van der Waals surface area (Å²) in [5.74, 6) is 0.122. The van der Waals surface area contributed by atoms with Gasteiger partial charge >= 0.3 is 0 Å². The molecule has 1 aromatic heterocycles. The number of aliphatic hydroxyl groups excluding tert-OH is 1. The van der Waals surface area contributed by atoms with E-state index in [2.05, 4.69) is 46.7 Å². The number of nitrogens with zero attached hydrogens (tertiary/aromatic N) is 2. The van der Waals surface area contributed by atoms with Crippen molar-refractivity contribution in [3.8, 4) is 0 Å². The van der Waals surface area contributed by atoms with Crippen molar-refractivity contribution in [1.82, 2.24) is 9.80 Å². The number of amides is 1. The van der Waals surface area contributed by atoms with Crippen LogP contribution in [0.1, 0.15) is 23.5 Å². The Balaban J connectivity index is 1.27. The molecule has 0 spiro atoms. The molecule has 0 bridgehead atoms. The van der Waals surface area contributed by atoms with Crippen LogP contribution in [0.3, 0.4) is 0 Å². The van der Waals surface area contributed by atoms with Crippen molar-refractivity contribution in [1.29, 1.82) is 0 Å². The Kier molecular flexibility index (Phi) is 5.76. The summed E-state index contributed by atoms with van der Waals surface area (Å²) in [5.41, 5.74) is 2.44. The maximum absolute atomic E-state index is 13.1. The standard InChI is InChI=1S/C25H26N2O3S/c28-24-15-19(21-17-31-23-9-5-4-8-20(21)23)14-22(30-24)25(29)27-12-10-26(11-13-27)16-18-6-2-1-3-7-18/h1-9,14,17,19,24,28H,10-13,15-16H2/t19-,24+/m1/s1. The van der Waals surface area contributed by atoms with Gasteiger partial charge in [0.2, 0.25) is 0 Å². The molecule has 2 aliphatic heterocycles. The van der Waals surface area contributed by atoms with E-state index in [1.807, 2.05) is 29.2 Å². The minimum absolute atomic E-state index is 0.0294. The quantitative estimate of drug-likeness (QED) is 0.676. The van der Waals surface area contributed by atoms with Gasteiger partial charge in [0.1, 0.15) is 0 Å². The van der Waals surface area contributed by atoms with E-state index in [-0.39, 0.29) is 17.6 Å². The van der Waals surface area contributed by atoms with Crippen molar-refractivity contribution >= 4 is 27.3 Å². The van der Waals surface area contributed by atoms with E-state index in [0.29, 0.717) is 19.5 Å². The number of ether oxygens (including phenoxy) is 1. The summed E-state index contributed by atoms with van der Waals surface area (Å²) >= 11 is 1.69. The molecule has 3 aromatic rings. The number of benzene rings is 2. The zero-order valence-electron chi connectivity index (χ0n) is 17.3.